The summed E-state index contributed by atoms with van der Waals surface area (Å²) in [5.74, 6) is 0.597. The molecule has 32 heavy (non-hydrogen) atoms. The predicted octanol–water partition coefficient (Wildman–Crippen LogP) is 4.89. The SMILES string of the molecule is COc1ccccc1C(C)=NNc1ccc(S(=O)(=O)Nc2ccc(Cl)cc2)cc1[N+](=O)[O-]. The molecule has 0 spiro atoms. The molecule has 0 amide bonds. The molecule has 0 saturated heterocycles. The summed E-state index contributed by atoms with van der Waals surface area (Å²) in [6, 6.07) is 16.7. The number of nitrogens with one attached hydrogen (secondary N) is 2. The number of rotatable bonds is 8. The third-order valence-corrected chi connectivity index (χ3v) is 6.04. The topological polar surface area (TPSA) is 123 Å². The predicted molar refractivity (Wildman–Crippen MR) is 124 cm³/mol. The molecule has 0 aromatic heterocycles. The normalized spacial score (nSPS) is 11.7. The lowest BCUT2D eigenvalue weighted by atomic mass is 10.1. The molecule has 11 heteroatoms. The van der Waals surface area contributed by atoms with Gasteiger partial charge in [0, 0.05) is 22.3 Å². The highest BCUT2D eigenvalue weighted by molar-refractivity contribution is 7.92. The van der Waals surface area contributed by atoms with E-state index >= 15 is 0 Å². The Morgan fingerprint density at radius 2 is 1.78 bits per heavy atom. The van der Waals surface area contributed by atoms with E-state index in [1.165, 1.54) is 43.5 Å². The molecule has 0 bridgehead atoms. The number of methoxy groups -OCH3 is 1. The molecule has 0 fully saturated rings. The van der Waals surface area contributed by atoms with Crippen LogP contribution in [-0.4, -0.2) is 26.2 Å². The Labute approximate surface area is 189 Å². The van der Waals surface area contributed by atoms with Gasteiger partial charge in [-0.15, -0.1) is 0 Å². The van der Waals surface area contributed by atoms with Gasteiger partial charge in [-0.25, -0.2) is 8.42 Å². The molecule has 0 aliphatic heterocycles. The number of hydrazone groups is 1. The number of anilines is 2. The lowest BCUT2D eigenvalue weighted by Gasteiger charge is -2.10. The second kappa shape index (κ2) is 9.67. The van der Waals surface area contributed by atoms with Gasteiger partial charge in [-0.05, 0) is 55.5 Å². The Bertz CT molecular complexity index is 1280. The molecule has 0 aliphatic carbocycles. The number of hydrogen-bond donors (Lipinski definition) is 2. The molecule has 0 radical (unpaired) electrons. The smallest absolute Gasteiger partial charge is 0.295 e. The van der Waals surface area contributed by atoms with Crippen molar-refractivity contribution in [3.8, 4) is 5.75 Å². The van der Waals surface area contributed by atoms with Crippen LogP contribution in [0.3, 0.4) is 0 Å². The van der Waals surface area contributed by atoms with Crippen molar-refractivity contribution in [2.24, 2.45) is 5.10 Å². The molecule has 3 aromatic carbocycles. The molecule has 0 aliphatic rings. The van der Waals surface area contributed by atoms with E-state index in [2.05, 4.69) is 15.2 Å². The number of sulfonamides is 1. The molecule has 2 N–H and O–H groups in total. The number of nitro benzene ring substituents is 1. The van der Waals surface area contributed by atoms with Gasteiger partial charge in [0.05, 0.1) is 22.6 Å². The zero-order chi connectivity index (χ0) is 23.3. The molecule has 0 saturated carbocycles. The second-order valence-corrected chi connectivity index (χ2v) is 8.68. The van der Waals surface area contributed by atoms with Crippen molar-refractivity contribution in [2.75, 3.05) is 17.3 Å². The zero-order valence-electron chi connectivity index (χ0n) is 17.1. The summed E-state index contributed by atoms with van der Waals surface area (Å²) in [5.41, 5.74) is 3.74. The number of para-hydroxylation sites is 1. The fourth-order valence-corrected chi connectivity index (χ4v) is 4.01. The Morgan fingerprint density at radius 3 is 2.44 bits per heavy atom. The highest BCUT2D eigenvalue weighted by Gasteiger charge is 2.22. The van der Waals surface area contributed by atoms with Crippen molar-refractivity contribution in [3.05, 3.63) is 87.4 Å². The molecule has 0 heterocycles. The summed E-state index contributed by atoms with van der Waals surface area (Å²) >= 11 is 5.80. The quantitative estimate of drug-likeness (QED) is 0.272. The largest absolute Gasteiger partial charge is 0.496 e. The van der Waals surface area contributed by atoms with E-state index in [1.54, 1.807) is 19.1 Å². The molecule has 9 nitrogen and oxygen atoms in total. The number of nitro groups is 1. The van der Waals surface area contributed by atoms with Gasteiger partial charge in [-0.3, -0.25) is 20.3 Å². The summed E-state index contributed by atoms with van der Waals surface area (Å²) in [4.78, 5) is 10.6. The minimum absolute atomic E-state index is 0.0368. The Balaban J connectivity index is 1.89. The first-order valence-electron chi connectivity index (χ1n) is 9.22. The Kier molecular flexibility index (Phi) is 6.96. The van der Waals surface area contributed by atoms with Crippen LogP contribution in [0.2, 0.25) is 5.02 Å². The van der Waals surface area contributed by atoms with Crippen LogP contribution in [0.4, 0.5) is 17.1 Å². The van der Waals surface area contributed by atoms with Crippen molar-refractivity contribution in [2.45, 2.75) is 11.8 Å². The van der Waals surface area contributed by atoms with E-state index < -0.39 is 20.6 Å². The minimum Gasteiger partial charge on any atom is -0.496 e. The van der Waals surface area contributed by atoms with Crippen molar-refractivity contribution in [3.63, 3.8) is 0 Å². The van der Waals surface area contributed by atoms with Crippen LogP contribution in [0.5, 0.6) is 5.75 Å². The van der Waals surface area contributed by atoms with Crippen LogP contribution >= 0.6 is 11.6 Å². The van der Waals surface area contributed by atoms with Crippen molar-refractivity contribution in [1.82, 2.24) is 0 Å². The standard InChI is InChI=1S/C21H19ClN4O5S/c1-14(18-5-3-4-6-21(18)31-2)23-24-19-12-11-17(13-20(19)26(27)28)32(29,30)25-16-9-7-15(22)8-10-16/h3-13,24-25H,1-2H3. The summed E-state index contributed by atoms with van der Waals surface area (Å²) < 4.78 is 33.0. The number of halogens is 1. The van der Waals surface area contributed by atoms with Crippen LogP contribution in [0, 0.1) is 10.1 Å². The summed E-state index contributed by atoms with van der Waals surface area (Å²) in [7, 11) is -2.53. The third-order valence-electron chi connectivity index (χ3n) is 4.41. The number of hydrogen-bond acceptors (Lipinski definition) is 7. The Morgan fingerprint density at radius 1 is 1.09 bits per heavy atom. The zero-order valence-corrected chi connectivity index (χ0v) is 18.6. The molecular formula is C21H19ClN4O5S. The molecule has 166 valence electrons. The lowest BCUT2D eigenvalue weighted by molar-refractivity contribution is -0.384. The second-order valence-electron chi connectivity index (χ2n) is 6.56. The highest BCUT2D eigenvalue weighted by atomic mass is 35.5. The first kappa shape index (κ1) is 23.0. The molecule has 3 rings (SSSR count). The molecule has 0 atom stereocenters. The van der Waals surface area contributed by atoms with Crippen molar-refractivity contribution >= 4 is 44.4 Å². The maximum absolute atomic E-state index is 12.7. The third kappa shape index (κ3) is 5.34. The van der Waals surface area contributed by atoms with E-state index in [0.29, 0.717) is 22.0 Å². The van der Waals surface area contributed by atoms with Gasteiger partial charge in [-0.1, -0.05) is 23.7 Å². The molecule has 0 unspecified atom stereocenters. The van der Waals surface area contributed by atoms with Crippen molar-refractivity contribution < 1.29 is 18.1 Å². The maximum Gasteiger partial charge on any atom is 0.295 e. The van der Waals surface area contributed by atoms with E-state index in [4.69, 9.17) is 16.3 Å². The molecule has 3 aromatic rings. The number of benzene rings is 3. The Hall–Kier alpha value is -3.63. The average molecular weight is 475 g/mol. The van der Waals surface area contributed by atoms with Gasteiger partial charge < -0.3 is 4.74 Å². The van der Waals surface area contributed by atoms with E-state index in [1.807, 2.05) is 12.1 Å². The summed E-state index contributed by atoms with van der Waals surface area (Å²) in [6.45, 7) is 1.71. The summed E-state index contributed by atoms with van der Waals surface area (Å²) in [6.07, 6.45) is 0. The van der Waals surface area contributed by atoms with Gasteiger partial charge in [-0.2, -0.15) is 5.10 Å². The van der Waals surface area contributed by atoms with E-state index in [-0.39, 0.29) is 16.3 Å². The van der Waals surface area contributed by atoms with Crippen LogP contribution < -0.4 is 14.9 Å². The lowest BCUT2D eigenvalue weighted by Crippen LogP contribution is -2.13. The monoisotopic (exact) mass is 474 g/mol. The first-order valence-corrected chi connectivity index (χ1v) is 11.1. The molecular weight excluding hydrogens is 456 g/mol. The van der Waals surface area contributed by atoms with Crippen LogP contribution in [0.25, 0.3) is 0 Å². The van der Waals surface area contributed by atoms with E-state index in [9.17, 15) is 18.5 Å². The fourth-order valence-electron chi connectivity index (χ4n) is 2.80. The first-order chi connectivity index (χ1) is 15.2. The van der Waals surface area contributed by atoms with Gasteiger partial charge in [0.2, 0.25) is 0 Å². The fraction of sp³-hybridized carbons (Fsp3) is 0.0952. The van der Waals surface area contributed by atoms with Gasteiger partial charge in [0.25, 0.3) is 15.7 Å². The van der Waals surface area contributed by atoms with Crippen molar-refractivity contribution in [1.29, 1.82) is 0 Å². The maximum atomic E-state index is 12.7. The number of ether oxygens (including phenoxy) is 1. The summed E-state index contributed by atoms with van der Waals surface area (Å²) in [5, 5.41) is 16.2. The average Bonchev–Trinajstić information content (AvgIpc) is 2.78. The van der Waals surface area contributed by atoms with Crippen LogP contribution in [0.1, 0.15) is 12.5 Å². The van der Waals surface area contributed by atoms with E-state index in [0.717, 1.165) is 6.07 Å². The van der Waals surface area contributed by atoms with Crippen LogP contribution in [0.15, 0.2) is 76.7 Å². The number of nitrogens with zero attached hydrogens (tertiary/aromatic N) is 2. The van der Waals surface area contributed by atoms with Crippen LogP contribution in [-0.2, 0) is 10.0 Å². The highest BCUT2D eigenvalue weighted by Crippen LogP contribution is 2.29. The minimum atomic E-state index is -4.06. The van der Waals surface area contributed by atoms with Gasteiger partial charge in [0.1, 0.15) is 11.4 Å². The van der Waals surface area contributed by atoms with Gasteiger partial charge >= 0.3 is 0 Å². The van der Waals surface area contributed by atoms with Gasteiger partial charge in [0.15, 0.2) is 0 Å².